The van der Waals surface area contributed by atoms with E-state index in [1.54, 1.807) is 4.68 Å². The molecule has 1 aromatic rings. The number of thioether (sulfide) groups is 1. The van der Waals surface area contributed by atoms with E-state index >= 15 is 0 Å². The van der Waals surface area contributed by atoms with E-state index in [1.165, 1.54) is 6.42 Å². The molecule has 1 aromatic heterocycles. The van der Waals surface area contributed by atoms with Crippen molar-refractivity contribution in [3.63, 3.8) is 0 Å². The zero-order valence-electron chi connectivity index (χ0n) is 10.6. The summed E-state index contributed by atoms with van der Waals surface area (Å²) >= 11 is 1.85. The molecule has 18 heavy (non-hydrogen) atoms. The standard InChI is InChI=1S/C11H18N4O2S/c1-7(2)8(6-10(16)17)15-11(12-13-14-15)9-4-3-5-18-9/h7-9H,3-6H2,1-2H3,(H,16,17). The summed E-state index contributed by atoms with van der Waals surface area (Å²) in [4.78, 5) is 11.0. The minimum atomic E-state index is -0.811. The largest absolute Gasteiger partial charge is 0.481 e. The minimum absolute atomic E-state index is 0.0626. The van der Waals surface area contributed by atoms with Crippen LogP contribution in [0, 0.1) is 5.92 Å². The lowest BCUT2D eigenvalue weighted by Gasteiger charge is -2.21. The Kier molecular flexibility index (Phi) is 4.21. The molecule has 1 saturated heterocycles. The first-order valence-corrected chi connectivity index (χ1v) is 7.25. The maximum atomic E-state index is 11.0. The molecule has 2 heterocycles. The number of aromatic nitrogens is 4. The molecule has 0 bridgehead atoms. The van der Waals surface area contributed by atoms with Gasteiger partial charge in [0, 0.05) is 0 Å². The monoisotopic (exact) mass is 270 g/mol. The molecule has 0 aromatic carbocycles. The highest BCUT2D eigenvalue weighted by Crippen LogP contribution is 2.39. The molecule has 0 amide bonds. The summed E-state index contributed by atoms with van der Waals surface area (Å²) < 4.78 is 1.72. The van der Waals surface area contributed by atoms with Crippen LogP contribution in [0.5, 0.6) is 0 Å². The van der Waals surface area contributed by atoms with E-state index in [0.717, 1.165) is 18.0 Å². The summed E-state index contributed by atoms with van der Waals surface area (Å²) in [6.45, 7) is 4.00. The van der Waals surface area contributed by atoms with Gasteiger partial charge in [-0.2, -0.15) is 11.8 Å². The van der Waals surface area contributed by atoms with E-state index in [0.29, 0.717) is 5.25 Å². The van der Waals surface area contributed by atoms with Crippen molar-refractivity contribution in [2.45, 2.75) is 44.4 Å². The third kappa shape index (κ3) is 2.82. The van der Waals surface area contributed by atoms with Crippen molar-refractivity contribution in [1.29, 1.82) is 0 Å². The highest BCUT2D eigenvalue weighted by molar-refractivity contribution is 7.99. The smallest absolute Gasteiger partial charge is 0.305 e. The molecule has 1 aliphatic heterocycles. The molecule has 1 aliphatic rings. The molecule has 0 spiro atoms. The Morgan fingerprint density at radius 3 is 2.94 bits per heavy atom. The van der Waals surface area contributed by atoms with Gasteiger partial charge < -0.3 is 5.11 Å². The molecule has 1 N–H and O–H groups in total. The number of tetrazole rings is 1. The van der Waals surface area contributed by atoms with E-state index in [4.69, 9.17) is 5.11 Å². The lowest BCUT2D eigenvalue weighted by atomic mass is 10.0. The zero-order valence-corrected chi connectivity index (χ0v) is 11.4. The van der Waals surface area contributed by atoms with Crippen LogP contribution in [-0.4, -0.2) is 37.0 Å². The summed E-state index contributed by atoms with van der Waals surface area (Å²) in [6.07, 6.45) is 2.31. The minimum Gasteiger partial charge on any atom is -0.481 e. The van der Waals surface area contributed by atoms with Crippen LogP contribution in [0.4, 0.5) is 0 Å². The van der Waals surface area contributed by atoms with Gasteiger partial charge in [0.15, 0.2) is 5.82 Å². The second-order valence-electron chi connectivity index (χ2n) is 4.89. The molecule has 2 unspecified atom stereocenters. The third-order valence-electron chi connectivity index (χ3n) is 3.20. The average molecular weight is 270 g/mol. The van der Waals surface area contributed by atoms with Crippen LogP contribution in [0.3, 0.4) is 0 Å². The molecule has 2 atom stereocenters. The maximum absolute atomic E-state index is 11.0. The van der Waals surface area contributed by atoms with Crippen molar-refractivity contribution in [2.75, 3.05) is 5.75 Å². The van der Waals surface area contributed by atoms with Crippen LogP contribution >= 0.6 is 11.8 Å². The van der Waals surface area contributed by atoms with E-state index in [-0.39, 0.29) is 18.4 Å². The predicted octanol–water partition coefficient (Wildman–Crippen LogP) is 1.91. The summed E-state index contributed by atoms with van der Waals surface area (Å²) in [5.74, 6) is 1.34. The van der Waals surface area contributed by atoms with Gasteiger partial charge in [-0.25, -0.2) is 4.68 Å². The van der Waals surface area contributed by atoms with E-state index < -0.39 is 5.97 Å². The average Bonchev–Trinajstić information content (AvgIpc) is 2.95. The van der Waals surface area contributed by atoms with Gasteiger partial charge in [-0.1, -0.05) is 13.8 Å². The normalized spacial score (nSPS) is 21.4. The molecular weight excluding hydrogens is 252 g/mol. The van der Waals surface area contributed by atoms with Crippen LogP contribution in [0.1, 0.15) is 50.2 Å². The number of rotatable bonds is 5. The maximum Gasteiger partial charge on any atom is 0.305 e. The summed E-state index contributed by atoms with van der Waals surface area (Å²) in [6, 6.07) is -0.173. The molecular formula is C11H18N4O2S. The van der Waals surface area contributed by atoms with Gasteiger partial charge >= 0.3 is 5.97 Å². The van der Waals surface area contributed by atoms with Gasteiger partial charge in [-0.3, -0.25) is 4.79 Å². The first-order chi connectivity index (χ1) is 8.59. The van der Waals surface area contributed by atoms with Gasteiger partial charge in [0.25, 0.3) is 0 Å². The van der Waals surface area contributed by atoms with Crippen LogP contribution in [0.2, 0.25) is 0 Å². The molecule has 1 fully saturated rings. The number of carboxylic acid groups (broad SMARTS) is 1. The highest BCUT2D eigenvalue weighted by Gasteiger charge is 2.29. The number of nitrogens with zero attached hydrogens (tertiary/aromatic N) is 4. The fourth-order valence-electron chi connectivity index (χ4n) is 2.21. The van der Waals surface area contributed by atoms with Crippen molar-refractivity contribution >= 4 is 17.7 Å². The van der Waals surface area contributed by atoms with Crippen LogP contribution in [0.25, 0.3) is 0 Å². The second-order valence-corrected chi connectivity index (χ2v) is 6.20. The van der Waals surface area contributed by atoms with Crippen molar-refractivity contribution < 1.29 is 9.90 Å². The quantitative estimate of drug-likeness (QED) is 0.880. The van der Waals surface area contributed by atoms with Crippen molar-refractivity contribution in [3.8, 4) is 0 Å². The Morgan fingerprint density at radius 1 is 1.61 bits per heavy atom. The van der Waals surface area contributed by atoms with E-state index in [1.807, 2.05) is 25.6 Å². The van der Waals surface area contributed by atoms with Crippen molar-refractivity contribution in [2.24, 2.45) is 5.92 Å². The fourth-order valence-corrected chi connectivity index (χ4v) is 3.47. The van der Waals surface area contributed by atoms with Crippen molar-refractivity contribution in [3.05, 3.63) is 5.82 Å². The van der Waals surface area contributed by atoms with Crippen LogP contribution in [0.15, 0.2) is 0 Å². The number of carboxylic acids is 1. The Hall–Kier alpha value is -1.11. The number of carbonyl (C=O) groups is 1. The molecule has 7 heteroatoms. The zero-order chi connectivity index (χ0) is 13.1. The van der Waals surface area contributed by atoms with Gasteiger partial charge in [0.05, 0.1) is 17.7 Å². The van der Waals surface area contributed by atoms with E-state index in [2.05, 4.69) is 15.5 Å². The number of hydrogen-bond acceptors (Lipinski definition) is 5. The van der Waals surface area contributed by atoms with E-state index in [9.17, 15) is 4.79 Å². The van der Waals surface area contributed by atoms with Gasteiger partial charge in [-0.05, 0) is 34.9 Å². The molecule has 100 valence electrons. The lowest BCUT2D eigenvalue weighted by molar-refractivity contribution is -0.138. The first kappa shape index (κ1) is 13.3. The Balaban J connectivity index is 2.24. The molecule has 6 nitrogen and oxygen atoms in total. The summed E-state index contributed by atoms with van der Waals surface area (Å²) in [5.41, 5.74) is 0. The predicted molar refractivity (Wildman–Crippen MR) is 68.4 cm³/mol. The SMILES string of the molecule is CC(C)C(CC(=O)O)n1nnnc1C1CCCS1. The number of hydrogen-bond donors (Lipinski definition) is 1. The topological polar surface area (TPSA) is 80.9 Å². The fraction of sp³-hybridized carbons (Fsp3) is 0.818. The van der Waals surface area contributed by atoms with Crippen LogP contribution < -0.4 is 0 Å². The van der Waals surface area contributed by atoms with Crippen molar-refractivity contribution in [1.82, 2.24) is 20.2 Å². The lowest BCUT2D eigenvalue weighted by Crippen LogP contribution is -2.22. The van der Waals surface area contributed by atoms with Crippen LogP contribution in [-0.2, 0) is 4.79 Å². The molecule has 0 radical (unpaired) electrons. The molecule has 0 saturated carbocycles. The van der Waals surface area contributed by atoms with Gasteiger partial charge in [-0.15, -0.1) is 5.10 Å². The molecule has 2 rings (SSSR count). The van der Waals surface area contributed by atoms with Gasteiger partial charge in [0.1, 0.15) is 0 Å². The summed E-state index contributed by atoms with van der Waals surface area (Å²) in [7, 11) is 0. The summed E-state index contributed by atoms with van der Waals surface area (Å²) in [5, 5.41) is 21.2. The Labute approximate surface area is 110 Å². The Morgan fingerprint density at radius 2 is 2.39 bits per heavy atom. The molecule has 0 aliphatic carbocycles. The Bertz CT molecular complexity index is 415. The second kappa shape index (κ2) is 5.69. The number of aliphatic carboxylic acids is 1. The van der Waals surface area contributed by atoms with Gasteiger partial charge in [0.2, 0.25) is 0 Å². The first-order valence-electron chi connectivity index (χ1n) is 6.20. The highest BCUT2D eigenvalue weighted by atomic mass is 32.2. The third-order valence-corrected chi connectivity index (χ3v) is 4.58.